The van der Waals surface area contributed by atoms with Gasteiger partial charge in [-0.05, 0) is 23.8 Å². The SMILES string of the molecule is COCc1nc(C2COCCN2C(=O)/C=C/c2cccc(Cl)c2)no1. The third-order valence-electron chi connectivity index (χ3n) is 3.73. The summed E-state index contributed by atoms with van der Waals surface area (Å²) in [6, 6.07) is 6.90. The quantitative estimate of drug-likeness (QED) is 0.759. The summed E-state index contributed by atoms with van der Waals surface area (Å²) in [5.41, 5.74) is 0.854. The Morgan fingerprint density at radius 2 is 2.40 bits per heavy atom. The first-order valence-corrected chi connectivity index (χ1v) is 8.18. The van der Waals surface area contributed by atoms with E-state index in [9.17, 15) is 4.79 Å². The average molecular weight is 364 g/mol. The molecule has 0 spiro atoms. The number of ether oxygens (including phenoxy) is 2. The summed E-state index contributed by atoms with van der Waals surface area (Å²) in [6.45, 7) is 1.47. The van der Waals surface area contributed by atoms with Crippen LogP contribution in [0.3, 0.4) is 0 Å². The predicted octanol–water partition coefficient (Wildman–Crippen LogP) is 2.48. The summed E-state index contributed by atoms with van der Waals surface area (Å²) >= 11 is 5.96. The molecule has 2 aromatic rings. The molecule has 1 saturated heterocycles. The molecule has 1 amide bonds. The fourth-order valence-electron chi connectivity index (χ4n) is 2.54. The van der Waals surface area contributed by atoms with Crippen LogP contribution < -0.4 is 0 Å². The Bertz CT molecular complexity index is 762. The fraction of sp³-hybridized carbons (Fsp3) is 0.353. The standard InChI is InChI=1S/C17H18ClN3O4/c1-23-11-15-19-17(20-25-15)14-10-24-8-7-21(14)16(22)6-5-12-3-2-4-13(18)9-12/h2-6,9,14H,7-8,10-11H2,1H3/b6-5+. The number of hydrogen-bond donors (Lipinski definition) is 0. The van der Waals surface area contributed by atoms with Crippen LogP contribution in [0.15, 0.2) is 34.9 Å². The predicted molar refractivity (Wildman–Crippen MR) is 90.8 cm³/mol. The molecule has 0 bridgehead atoms. The van der Waals surface area contributed by atoms with Gasteiger partial charge < -0.3 is 18.9 Å². The zero-order valence-corrected chi connectivity index (χ0v) is 14.5. The van der Waals surface area contributed by atoms with E-state index >= 15 is 0 Å². The van der Waals surface area contributed by atoms with Crippen molar-refractivity contribution in [2.45, 2.75) is 12.6 Å². The minimum atomic E-state index is -0.389. The van der Waals surface area contributed by atoms with Crippen molar-refractivity contribution in [3.8, 4) is 0 Å². The molecule has 1 aliphatic rings. The Hall–Kier alpha value is -2.22. The minimum Gasteiger partial charge on any atom is -0.377 e. The molecule has 1 atom stereocenters. The number of benzene rings is 1. The van der Waals surface area contributed by atoms with Gasteiger partial charge in [-0.15, -0.1) is 0 Å². The third-order valence-corrected chi connectivity index (χ3v) is 3.96. The molecule has 0 saturated carbocycles. The van der Waals surface area contributed by atoms with Crippen LogP contribution in [0.5, 0.6) is 0 Å². The Labute approximate surface area is 150 Å². The van der Waals surface area contributed by atoms with Crippen LogP contribution in [-0.4, -0.2) is 47.8 Å². The van der Waals surface area contributed by atoms with E-state index in [1.165, 1.54) is 6.08 Å². The first-order valence-electron chi connectivity index (χ1n) is 7.81. The van der Waals surface area contributed by atoms with Crippen molar-refractivity contribution in [2.24, 2.45) is 0 Å². The van der Waals surface area contributed by atoms with Gasteiger partial charge in [0.2, 0.25) is 5.91 Å². The van der Waals surface area contributed by atoms with E-state index in [4.69, 9.17) is 25.6 Å². The highest BCUT2D eigenvalue weighted by Gasteiger charge is 2.31. The van der Waals surface area contributed by atoms with Crippen LogP contribution in [0.25, 0.3) is 6.08 Å². The Kier molecular flexibility index (Phi) is 5.80. The van der Waals surface area contributed by atoms with Crippen LogP contribution in [0.2, 0.25) is 5.02 Å². The normalized spacial score (nSPS) is 18.0. The number of carbonyl (C=O) groups excluding carboxylic acids is 1. The molecule has 0 radical (unpaired) electrons. The van der Waals surface area contributed by atoms with Crippen LogP contribution in [-0.2, 0) is 20.9 Å². The van der Waals surface area contributed by atoms with Crippen molar-refractivity contribution in [1.29, 1.82) is 0 Å². The lowest BCUT2D eigenvalue weighted by molar-refractivity contribution is -0.135. The van der Waals surface area contributed by atoms with Gasteiger partial charge in [0.05, 0.1) is 13.2 Å². The van der Waals surface area contributed by atoms with Gasteiger partial charge in [-0.1, -0.05) is 28.9 Å². The fourth-order valence-corrected chi connectivity index (χ4v) is 2.74. The molecule has 1 fully saturated rings. The van der Waals surface area contributed by atoms with E-state index in [-0.39, 0.29) is 18.6 Å². The molecule has 7 nitrogen and oxygen atoms in total. The molecule has 0 aliphatic carbocycles. The monoisotopic (exact) mass is 363 g/mol. The summed E-state index contributed by atoms with van der Waals surface area (Å²) in [4.78, 5) is 18.6. The number of carbonyl (C=O) groups is 1. The number of aromatic nitrogens is 2. The van der Waals surface area contributed by atoms with Gasteiger partial charge in [-0.3, -0.25) is 4.79 Å². The minimum absolute atomic E-state index is 0.147. The van der Waals surface area contributed by atoms with E-state index in [0.717, 1.165) is 5.56 Å². The van der Waals surface area contributed by atoms with Gasteiger partial charge >= 0.3 is 0 Å². The van der Waals surface area contributed by atoms with Crippen molar-refractivity contribution in [3.63, 3.8) is 0 Å². The smallest absolute Gasteiger partial charge is 0.252 e. The van der Waals surface area contributed by atoms with Crippen LogP contribution in [0, 0.1) is 0 Å². The second-order valence-corrected chi connectivity index (χ2v) is 5.93. The summed E-state index contributed by atoms with van der Waals surface area (Å²) in [6.07, 6.45) is 3.24. The molecular formula is C17H18ClN3O4. The lowest BCUT2D eigenvalue weighted by Crippen LogP contribution is -2.43. The highest BCUT2D eigenvalue weighted by Crippen LogP contribution is 2.23. The molecule has 3 rings (SSSR count). The van der Waals surface area contributed by atoms with Crippen molar-refractivity contribution in [3.05, 3.63) is 52.6 Å². The zero-order valence-electron chi connectivity index (χ0n) is 13.7. The average Bonchev–Trinajstić information content (AvgIpc) is 3.09. The number of halogens is 1. The van der Waals surface area contributed by atoms with Gasteiger partial charge in [0, 0.05) is 24.8 Å². The van der Waals surface area contributed by atoms with Crippen molar-refractivity contribution in [1.82, 2.24) is 15.0 Å². The maximum Gasteiger partial charge on any atom is 0.252 e. The van der Waals surface area contributed by atoms with Gasteiger partial charge in [-0.2, -0.15) is 4.98 Å². The van der Waals surface area contributed by atoms with Crippen molar-refractivity contribution < 1.29 is 18.8 Å². The van der Waals surface area contributed by atoms with E-state index in [2.05, 4.69) is 10.1 Å². The molecule has 0 N–H and O–H groups in total. The van der Waals surface area contributed by atoms with Crippen molar-refractivity contribution in [2.75, 3.05) is 26.9 Å². The van der Waals surface area contributed by atoms with Gasteiger partial charge in [0.1, 0.15) is 12.6 Å². The second-order valence-electron chi connectivity index (χ2n) is 5.49. The maximum absolute atomic E-state index is 12.6. The topological polar surface area (TPSA) is 77.7 Å². The number of nitrogens with zero attached hydrogens (tertiary/aromatic N) is 3. The van der Waals surface area contributed by atoms with E-state index in [1.807, 2.05) is 12.1 Å². The molecule has 132 valence electrons. The molecule has 1 unspecified atom stereocenters. The molecular weight excluding hydrogens is 346 g/mol. The largest absolute Gasteiger partial charge is 0.377 e. The number of hydrogen-bond acceptors (Lipinski definition) is 6. The highest BCUT2D eigenvalue weighted by atomic mass is 35.5. The third kappa shape index (κ3) is 4.45. The summed E-state index contributed by atoms with van der Waals surface area (Å²) in [5.74, 6) is 0.632. The summed E-state index contributed by atoms with van der Waals surface area (Å²) < 4.78 is 15.6. The number of morpholine rings is 1. The first kappa shape index (κ1) is 17.6. The lowest BCUT2D eigenvalue weighted by Gasteiger charge is -2.32. The van der Waals surface area contributed by atoms with Gasteiger partial charge in [-0.25, -0.2) is 0 Å². The molecule has 1 aliphatic heterocycles. The van der Waals surface area contributed by atoms with E-state index < -0.39 is 0 Å². The van der Waals surface area contributed by atoms with E-state index in [0.29, 0.717) is 36.5 Å². The van der Waals surface area contributed by atoms with Crippen LogP contribution in [0.4, 0.5) is 0 Å². The Morgan fingerprint density at radius 3 is 3.20 bits per heavy atom. The summed E-state index contributed by atoms with van der Waals surface area (Å²) in [7, 11) is 1.55. The summed E-state index contributed by atoms with van der Waals surface area (Å²) in [5, 5.41) is 4.56. The maximum atomic E-state index is 12.6. The molecule has 2 heterocycles. The first-order chi connectivity index (χ1) is 12.2. The van der Waals surface area contributed by atoms with Crippen molar-refractivity contribution >= 4 is 23.6 Å². The Balaban J connectivity index is 1.74. The Morgan fingerprint density at radius 1 is 1.52 bits per heavy atom. The van der Waals surface area contributed by atoms with Crippen LogP contribution >= 0.6 is 11.6 Å². The lowest BCUT2D eigenvalue weighted by atomic mass is 10.2. The van der Waals surface area contributed by atoms with Gasteiger partial charge in [0.15, 0.2) is 5.82 Å². The highest BCUT2D eigenvalue weighted by molar-refractivity contribution is 6.30. The molecule has 8 heteroatoms. The molecule has 25 heavy (non-hydrogen) atoms. The molecule has 1 aromatic heterocycles. The second kappa shape index (κ2) is 8.24. The zero-order chi connectivity index (χ0) is 17.6. The van der Waals surface area contributed by atoms with Crippen LogP contribution in [0.1, 0.15) is 23.3 Å². The number of methoxy groups -OCH3 is 1. The molecule has 1 aromatic carbocycles. The van der Waals surface area contributed by atoms with E-state index in [1.54, 1.807) is 30.2 Å². The number of rotatable bonds is 5. The van der Waals surface area contributed by atoms with Gasteiger partial charge in [0.25, 0.3) is 5.89 Å². The number of amides is 1.